The van der Waals surface area contributed by atoms with E-state index in [0.717, 1.165) is 36.5 Å². The van der Waals surface area contributed by atoms with E-state index in [1.807, 2.05) is 0 Å². The summed E-state index contributed by atoms with van der Waals surface area (Å²) in [5.41, 5.74) is -1.99. The van der Waals surface area contributed by atoms with Gasteiger partial charge in [-0.3, -0.25) is 0 Å². The molecular weight excluding hydrogens is 668 g/mol. The largest absolute Gasteiger partial charge is 0.478 e. The van der Waals surface area contributed by atoms with E-state index in [2.05, 4.69) is 39.5 Å². The highest BCUT2D eigenvalue weighted by molar-refractivity contribution is 5.80. The molecule has 0 bridgehead atoms. The fraction of sp³-hybridized carbons (Fsp3) is 0.379. The summed E-state index contributed by atoms with van der Waals surface area (Å²) in [5.74, 6) is -5.89. The molecule has 49 heavy (non-hydrogen) atoms. The maximum atomic E-state index is 9.25. The van der Waals surface area contributed by atoms with Crippen LogP contribution in [-0.2, 0) is 33.5 Å². The van der Waals surface area contributed by atoms with Crippen molar-refractivity contribution in [2.75, 3.05) is 60.0 Å². The summed E-state index contributed by atoms with van der Waals surface area (Å²) >= 11 is 0. The molecule has 0 heterocycles. The molecule has 0 saturated carbocycles. The SMILES string of the molecule is C=CC(=O)O.C=CC(=O)O.C=CC(=O)O.C=CC(=O)O.C=CC(=O)O.C=CC(=O)O.COCC(CO)(CO)CO.OCC(CO)(CO)CO. The van der Waals surface area contributed by atoms with Gasteiger partial charge in [-0.15, -0.1) is 0 Å². The van der Waals surface area contributed by atoms with Crippen LogP contribution in [0.25, 0.3) is 0 Å². The van der Waals surface area contributed by atoms with E-state index >= 15 is 0 Å². The van der Waals surface area contributed by atoms with E-state index in [-0.39, 0.29) is 26.4 Å². The van der Waals surface area contributed by atoms with Crippen LogP contribution >= 0.6 is 0 Å². The lowest BCUT2D eigenvalue weighted by Crippen LogP contribution is -2.38. The number of hydrogen-bond donors (Lipinski definition) is 13. The highest BCUT2D eigenvalue weighted by Gasteiger charge is 2.27. The number of rotatable bonds is 15. The summed E-state index contributed by atoms with van der Waals surface area (Å²) in [6, 6.07) is 0. The lowest BCUT2D eigenvalue weighted by Gasteiger charge is -2.25. The summed E-state index contributed by atoms with van der Waals surface area (Å²) in [6.07, 6.45) is 5.00. The van der Waals surface area contributed by atoms with Crippen molar-refractivity contribution in [1.29, 1.82) is 0 Å². The third kappa shape index (κ3) is 70.5. The number of aliphatic hydroxyl groups excluding tert-OH is 7. The Bertz CT molecular complexity index is 769. The first kappa shape index (κ1) is 62.7. The van der Waals surface area contributed by atoms with Gasteiger partial charge in [0.25, 0.3) is 0 Å². The van der Waals surface area contributed by atoms with Crippen LogP contribution < -0.4 is 0 Å². The number of methoxy groups -OCH3 is 1. The number of aliphatic hydroxyl groups is 7. The van der Waals surface area contributed by atoms with Gasteiger partial charge < -0.3 is 71.1 Å². The van der Waals surface area contributed by atoms with Crippen molar-refractivity contribution >= 4 is 35.8 Å². The molecule has 0 fully saturated rings. The minimum atomic E-state index is -1.11. The molecule has 20 nitrogen and oxygen atoms in total. The van der Waals surface area contributed by atoms with E-state index in [9.17, 15) is 28.8 Å². The second-order valence-electron chi connectivity index (χ2n) is 7.79. The molecular formula is C29H50O20. The minimum Gasteiger partial charge on any atom is -0.478 e. The molecule has 13 N–H and O–H groups in total. The molecule has 0 rings (SSSR count). The Hall–Kier alpha value is -5.06. The van der Waals surface area contributed by atoms with Gasteiger partial charge in [-0.2, -0.15) is 0 Å². The fourth-order valence-corrected chi connectivity index (χ4v) is 0.893. The maximum absolute atomic E-state index is 9.25. The number of carbonyl (C=O) groups is 6. The smallest absolute Gasteiger partial charge is 0.327 e. The average Bonchev–Trinajstić information content (AvgIpc) is 3.10. The first-order valence-corrected chi connectivity index (χ1v) is 12.5. The molecule has 0 aliphatic carbocycles. The van der Waals surface area contributed by atoms with Crippen LogP contribution in [0.4, 0.5) is 0 Å². The van der Waals surface area contributed by atoms with Gasteiger partial charge >= 0.3 is 35.8 Å². The molecule has 0 amide bonds. The van der Waals surface area contributed by atoms with Crippen LogP contribution in [0.2, 0.25) is 0 Å². The van der Waals surface area contributed by atoms with Gasteiger partial charge in [-0.25, -0.2) is 28.8 Å². The monoisotopic (exact) mass is 718 g/mol. The van der Waals surface area contributed by atoms with Crippen molar-refractivity contribution in [2.24, 2.45) is 10.8 Å². The van der Waals surface area contributed by atoms with Gasteiger partial charge in [-0.05, 0) is 0 Å². The quantitative estimate of drug-likeness (QED) is 0.0820. The van der Waals surface area contributed by atoms with E-state index in [4.69, 9.17) is 71.1 Å². The van der Waals surface area contributed by atoms with Crippen LogP contribution in [0.5, 0.6) is 0 Å². The summed E-state index contributed by atoms with van der Waals surface area (Å²) in [4.78, 5) is 55.5. The molecule has 0 aliphatic heterocycles. The molecule has 20 heteroatoms. The normalized spacial score (nSPS) is 8.57. The van der Waals surface area contributed by atoms with Crippen LogP contribution in [0, 0.1) is 10.8 Å². The Morgan fingerprint density at radius 1 is 0.408 bits per heavy atom. The molecule has 286 valence electrons. The van der Waals surface area contributed by atoms with Gasteiger partial charge in [0.2, 0.25) is 0 Å². The van der Waals surface area contributed by atoms with Crippen LogP contribution in [-0.4, -0.2) is 162 Å². The number of ether oxygens (including phenoxy) is 1. The van der Waals surface area contributed by atoms with Crippen LogP contribution in [0.1, 0.15) is 0 Å². The Morgan fingerprint density at radius 2 is 0.531 bits per heavy atom. The first-order chi connectivity index (χ1) is 22.6. The highest BCUT2D eigenvalue weighted by Crippen LogP contribution is 2.14. The molecule has 0 saturated heterocycles. The second kappa shape index (κ2) is 47.3. The summed E-state index contributed by atoms with van der Waals surface area (Å²) < 4.78 is 4.70. The first-order valence-electron chi connectivity index (χ1n) is 12.5. The van der Waals surface area contributed by atoms with E-state index in [1.165, 1.54) is 7.11 Å². The third-order valence-electron chi connectivity index (χ3n) is 3.85. The lowest BCUT2D eigenvalue weighted by atomic mass is 9.93. The van der Waals surface area contributed by atoms with Crippen molar-refractivity contribution in [3.63, 3.8) is 0 Å². The highest BCUT2D eigenvalue weighted by atomic mass is 16.5. The zero-order chi connectivity index (χ0) is 41.1. The Labute approximate surface area is 282 Å². The van der Waals surface area contributed by atoms with Crippen molar-refractivity contribution in [1.82, 2.24) is 0 Å². The van der Waals surface area contributed by atoms with Gasteiger partial charge in [0.15, 0.2) is 0 Å². The van der Waals surface area contributed by atoms with Crippen LogP contribution in [0.15, 0.2) is 75.9 Å². The molecule has 0 aromatic carbocycles. The fourth-order valence-electron chi connectivity index (χ4n) is 0.893. The molecule has 0 unspecified atom stereocenters. The van der Waals surface area contributed by atoms with Crippen LogP contribution in [0.3, 0.4) is 0 Å². The molecule has 0 radical (unpaired) electrons. The summed E-state index contributed by atoms with van der Waals surface area (Å²) in [6.45, 7) is 15.5. The summed E-state index contributed by atoms with van der Waals surface area (Å²) in [5, 5.41) is 106. The average molecular weight is 719 g/mol. The van der Waals surface area contributed by atoms with Gasteiger partial charge in [0.1, 0.15) is 0 Å². The third-order valence-corrected chi connectivity index (χ3v) is 3.85. The topological polar surface area (TPSA) is 375 Å². The zero-order valence-electron chi connectivity index (χ0n) is 27.0. The Balaban J connectivity index is -0.0000000667. The van der Waals surface area contributed by atoms with E-state index in [1.54, 1.807) is 0 Å². The number of hydrogen-bond acceptors (Lipinski definition) is 14. The number of aliphatic carboxylic acids is 6. The predicted molar refractivity (Wildman–Crippen MR) is 173 cm³/mol. The Morgan fingerprint density at radius 3 is 0.551 bits per heavy atom. The zero-order valence-corrected chi connectivity index (χ0v) is 27.0. The summed E-state index contributed by atoms with van der Waals surface area (Å²) in [7, 11) is 1.45. The van der Waals surface area contributed by atoms with Gasteiger partial charge in [0, 0.05) is 43.6 Å². The van der Waals surface area contributed by atoms with Gasteiger partial charge in [-0.1, -0.05) is 39.5 Å². The number of carboxylic acid groups (broad SMARTS) is 6. The standard InChI is InChI=1S/C6H14O4.C5H12O4.6C3H4O2/c1-10-5-6(2-7,3-8)4-9;6-1-5(2-7,3-8)4-9;6*1-2-3(4)5/h7-9H,2-5H2,1H3;6-9H,1-4H2;6*2H,1H2,(H,4,5). The van der Waals surface area contributed by atoms with Crippen molar-refractivity contribution < 1.29 is 99.9 Å². The van der Waals surface area contributed by atoms with Crippen molar-refractivity contribution in [3.05, 3.63) is 75.9 Å². The second-order valence-corrected chi connectivity index (χ2v) is 7.79. The molecule has 0 aliphatic rings. The lowest BCUT2D eigenvalue weighted by molar-refractivity contribution is -0.132. The maximum Gasteiger partial charge on any atom is 0.327 e. The van der Waals surface area contributed by atoms with Crippen molar-refractivity contribution in [3.8, 4) is 0 Å². The van der Waals surface area contributed by atoms with Gasteiger partial charge in [0.05, 0.1) is 63.7 Å². The van der Waals surface area contributed by atoms with E-state index in [0.29, 0.717) is 0 Å². The molecule has 0 aromatic rings. The van der Waals surface area contributed by atoms with Crippen molar-refractivity contribution in [2.45, 2.75) is 0 Å². The minimum absolute atomic E-state index is 0.163. The Kier molecular flexibility index (Phi) is 60.6. The van der Waals surface area contributed by atoms with E-state index < -0.39 is 73.1 Å². The predicted octanol–water partition coefficient (Wildman–Crippen LogP) is -1.92. The molecule has 0 spiro atoms. The molecule has 0 atom stereocenters. The molecule has 0 aromatic heterocycles. The number of carboxylic acids is 6.